The van der Waals surface area contributed by atoms with Gasteiger partial charge < -0.3 is 15.2 Å². The molecule has 0 fully saturated rings. The summed E-state index contributed by atoms with van der Waals surface area (Å²) in [5.74, 6) is -2.38. The van der Waals surface area contributed by atoms with Crippen LogP contribution in [0, 0.1) is 0 Å². The fourth-order valence-corrected chi connectivity index (χ4v) is 4.41. The minimum absolute atomic E-state index is 0.00464. The molecule has 1 atom stereocenters. The van der Waals surface area contributed by atoms with Gasteiger partial charge in [-0.25, -0.2) is 8.42 Å². The number of anilines is 1. The van der Waals surface area contributed by atoms with Crippen molar-refractivity contribution in [2.45, 2.75) is 19.9 Å². The number of phenols is 1. The number of rotatable bonds is 7. The number of hydrogen-bond donors (Lipinski definition) is 2. The fourth-order valence-electron chi connectivity index (χ4n) is 3.50. The zero-order valence-electron chi connectivity index (χ0n) is 17.2. The van der Waals surface area contributed by atoms with Gasteiger partial charge in [0.2, 0.25) is 5.91 Å². The first kappa shape index (κ1) is 22.3. The van der Waals surface area contributed by atoms with Crippen LogP contribution in [0.25, 0.3) is 0 Å². The third-order valence-electron chi connectivity index (χ3n) is 4.70. The van der Waals surface area contributed by atoms with E-state index in [4.69, 9.17) is 4.74 Å². The lowest BCUT2D eigenvalue weighted by atomic mass is 10.1. The van der Waals surface area contributed by atoms with Gasteiger partial charge in [0.15, 0.2) is 11.5 Å². The van der Waals surface area contributed by atoms with Gasteiger partial charge in [0.1, 0.15) is 9.84 Å². The molecule has 2 N–H and O–H groups in total. The van der Waals surface area contributed by atoms with Crippen LogP contribution in [0.2, 0.25) is 0 Å². The topological polar surface area (TPSA) is 130 Å². The highest BCUT2D eigenvalue weighted by atomic mass is 32.2. The summed E-state index contributed by atoms with van der Waals surface area (Å²) in [4.78, 5) is 38.8. The van der Waals surface area contributed by atoms with E-state index in [1.54, 1.807) is 6.92 Å². The first-order valence-electron chi connectivity index (χ1n) is 9.45. The number of nitrogens with one attached hydrogen (secondary N) is 1. The molecule has 31 heavy (non-hydrogen) atoms. The lowest BCUT2D eigenvalue weighted by Crippen LogP contribution is -2.37. The molecule has 0 bridgehead atoms. The van der Waals surface area contributed by atoms with Crippen molar-refractivity contribution >= 4 is 33.2 Å². The molecular weight excluding hydrogens is 424 g/mol. The Morgan fingerprint density at radius 2 is 1.90 bits per heavy atom. The average Bonchev–Trinajstić information content (AvgIpc) is 2.92. The standard InChI is InChI=1S/C21H22N2O7S/c1-4-30-18-10-13(8-9-17(18)25)16(11-31(3,28)29)23-20(26)14-6-5-7-15(22-12(2)24)19(14)21(23)27/h5-10,16,25H,4,11H2,1-3H3,(H,22,24)/t16-/m0/s1. The summed E-state index contributed by atoms with van der Waals surface area (Å²) in [5.41, 5.74) is 0.551. The van der Waals surface area contributed by atoms with Crippen molar-refractivity contribution in [1.82, 2.24) is 4.90 Å². The Kier molecular flexibility index (Phi) is 6.03. The predicted octanol–water partition coefficient (Wildman–Crippen LogP) is 2.13. The molecule has 0 radical (unpaired) electrons. The summed E-state index contributed by atoms with van der Waals surface area (Å²) in [6, 6.07) is 7.47. The van der Waals surface area contributed by atoms with E-state index in [1.165, 1.54) is 43.3 Å². The number of amides is 3. The van der Waals surface area contributed by atoms with Gasteiger partial charge >= 0.3 is 0 Å². The molecule has 0 spiro atoms. The van der Waals surface area contributed by atoms with Crippen LogP contribution in [0.4, 0.5) is 5.69 Å². The SMILES string of the molecule is CCOc1cc([C@H](CS(C)(=O)=O)N2C(=O)c3cccc(NC(C)=O)c3C2=O)ccc1O. The molecule has 0 unspecified atom stereocenters. The Morgan fingerprint density at radius 3 is 2.52 bits per heavy atom. The molecule has 0 saturated heterocycles. The van der Waals surface area contributed by atoms with E-state index in [1.807, 2.05) is 0 Å². The van der Waals surface area contributed by atoms with E-state index in [0.717, 1.165) is 11.2 Å². The number of carbonyl (C=O) groups is 3. The summed E-state index contributed by atoms with van der Waals surface area (Å²) in [6.07, 6.45) is 1.00. The van der Waals surface area contributed by atoms with Gasteiger partial charge in [-0.3, -0.25) is 19.3 Å². The number of sulfone groups is 1. The van der Waals surface area contributed by atoms with Crippen LogP contribution in [0.1, 0.15) is 46.2 Å². The Bertz CT molecular complexity index is 1170. The van der Waals surface area contributed by atoms with Crippen LogP contribution in [-0.2, 0) is 14.6 Å². The zero-order chi connectivity index (χ0) is 22.9. The zero-order valence-corrected chi connectivity index (χ0v) is 18.0. The van der Waals surface area contributed by atoms with Crippen molar-refractivity contribution < 1.29 is 32.6 Å². The first-order valence-corrected chi connectivity index (χ1v) is 11.5. The smallest absolute Gasteiger partial charge is 0.264 e. The lowest BCUT2D eigenvalue weighted by molar-refractivity contribution is -0.114. The summed E-state index contributed by atoms with van der Waals surface area (Å²) >= 11 is 0. The van der Waals surface area contributed by atoms with E-state index in [-0.39, 0.29) is 34.9 Å². The molecule has 1 heterocycles. The summed E-state index contributed by atoms with van der Waals surface area (Å²) in [5, 5.41) is 12.5. The van der Waals surface area contributed by atoms with Gasteiger partial charge in [-0.05, 0) is 36.8 Å². The molecule has 164 valence electrons. The number of imide groups is 1. The van der Waals surface area contributed by atoms with Crippen molar-refractivity contribution in [2.75, 3.05) is 23.9 Å². The van der Waals surface area contributed by atoms with Gasteiger partial charge in [0.05, 0.1) is 35.2 Å². The predicted molar refractivity (Wildman–Crippen MR) is 113 cm³/mol. The second-order valence-electron chi connectivity index (χ2n) is 7.16. The molecule has 2 aromatic rings. The Labute approximate surface area is 179 Å². The normalized spacial score (nSPS) is 14.4. The van der Waals surface area contributed by atoms with Crippen LogP contribution in [-0.4, -0.2) is 54.8 Å². The average molecular weight is 446 g/mol. The highest BCUT2D eigenvalue weighted by Gasteiger charge is 2.43. The molecule has 3 rings (SSSR count). The quantitative estimate of drug-likeness (QED) is 0.623. The Morgan fingerprint density at radius 1 is 1.19 bits per heavy atom. The second kappa shape index (κ2) is 8.38. The number of phenolic OH excluding ortho intramolecular Hbond substituents is 1. The number of ether oxygens (including phenoxy) is 1. The van der Waals surface area contributed by atoms with Gasteiger partial charge in [-0.2, -0.15) is 0 Å². The van der Waals surface area contributed by atoms with E-state index < -0.39 is 39.4 Å². The van der Waals surface area contributed by atoms with Crippen LogP contribution in [0.3, 0.4) is 0 Å². The molecule has 3 amide bonds. The lowest BCUT2D eigenvalue weighted by Gasteiger charge is -2.26. The van der Waals surface area contributed by atoms with Crippen molar-refractivity contribution in [2.24, 2.45) is 0 Å². The third kappa shape index (κ3) is 4.53. The highest BCUT2D eigenvalue weighted by molar-refractivity contribution is 7.90. The number of hydrogen-bond acceptors (Lipinski definition) is 7. The fraction of sp³-hybridized carbons (Fsp3) is 0.286. The maximum Gasteiger partial charge on any atom is 0.264 e. The van der Waals surface area contributed by atoms with E-state index in [9.17, 15) is 27.9 Å². The van der Waals surface area contributed by atoms with E-state index in [2.05, 4.69) is 5.32 Å². The largest absolute Gasteiger partial charge is 0.504 e. The molecule has 9 nitrogen and oxygen atoms in total. The summed E-state index contributed by atoms with van der Waals surface area (Å²) in [7, 11) is -3.63. The van der Waals surface area contributed by atoms with E-state index >= 15 is 0 Å². The molecule has 1 aliphatic rings. The number of fused-ring (bicyclic) bond motifs is 1. The monoisotopic (exact) mass is 446 g/mol. The third-order valence-corrected chi connectivity index (χ3v) is 5.62. The van der Waals surface area contributed by atoms with E-state index in [0.29, 0.717) is 5.56 Å². The highest BCUT2D eigenvalue weighted by Crippen LogP contribution is 2.38. The molecular formula is C21H22N2O7S. The van der Waals surface area contributed by atoms with Gasteiger partial charge in [-0.15, -0.1) is 0 Å². The molecule has 2 aromatic carbocycles. The van der Waals surface area contributed by atoms with Crippen LogP contribution in [0.5, 0.6) is 11.5 Å². The van der Waals surface area contributed by atoms with Crippen molar-refractivity contribution in [3.63, 3.8) is 0 Å². The Balaban J connectivity index is 2.13. The number of benzene rings is 2. The molecule has 0 aromatic heterocycles. The number of aromatic hydroxyl groups is 1. The van der Waals surface area contributed by atoms with Crippen molar-refractivity contribution in [3.05, 3.63) is 53.1 Å². The molecule has 10 heteroatoms. The van der Waals surface area contributed by atoms with Crippen LogP contribution < -0.4 is 10.1 Å². The Hall–Kier alpha value is -3.40. The summed E-state index contributed by atoms with van der Waals surface area (Å²) < 4.78 is 29.7. The van der Waals surface area contributed by atoms with Crippen molar-refractivity contribution in [3.8, 4) is 11.5 Å². The molecule has 0 saturated carbocycles. The number of nitrogens with zero attached hydrogens (tertiary/aromatic N) is 1. The van der Waals surface area contributed by atoms with Gasteiger partial charge in [-0.1, -0.05) is 12.1 Å². The number of carbonyl (C=O) groups excluding carboxylic acids is 3. The molecule has 1 aliphatic heterocycles. The van der Waals surface area contributed by atoms with Crippen molar-refractivity contribution in [1.29, 1.82) is 0 Å². The van der Waals surface area contributed by atoms with Gasteiger partial charge in [0, 0.05) is 13.2 Å². The van der Waals surface area contributed by atoms with Crippen LogP contribution >= 0.6 is 0 Å². The van der Waals surface area contributed by atoms with Gasteiger partial charge in [0.25, 0.3) is 11.8 Å². The second-order valence-corrected chi connectivity index (χ2v) is 9.34. The first-order chi connectivity index (χ1) is 14.5. The minimum atomic E-state index is -3.63. The minimum Gasteiger partial charge on any atom is -0.504 e. The molecule has 0 aliphatic carbocycles. The van der Waals surface area contributed by atoms with Crippen LogP contribution in [0.15, 0.2) is 36.4 Å². The maximum absolute atomic E-state index is 13.3. The maximum atomic E-state index is 13.3. The summed E-state index contributed by atoms with van der Waals surface area (Å²) in [6.45, 7) is 3.24.